The Balaban J connectivity index is 1.54. The molecule has 0 aliphatic rings. The van der Waals surface area contributed by atoms with Crippen LogP contribution in [0.5, 0.6) is 0 Å². The van der Waals surface area contributed by atoms with Crippen LogP contribution < -0.4 is 10.9 Å². The second kappa shape index (κ2) is 8.38. The summed E-state index contributed by atoms with van der Waals surface area (Å²) in [5.74, 6) is 0.710. The van der Waals surface area contributed by atoms with Crippen molar-refractivity contribution >= 4 is 34.9 Å². The molecule has 3 rings (SSSR count). The quantitative estimate of drug-likeness (QED) is 0.705. The van der Waals surface area contributed by atoms with Crippen molar-refractivity contribution in [2.24, 2.45) is 0 Å². The zero-order valence-electron chi connectivity index (χ0n) is 14.2. The van der Waals surface area contributed by atoms with Crippen LogP contribution in [-0.4, -0.2) is 21.0 Å². The number of fused-ring (bicyclic) bond motifs is 1. The van der Waals surface area contributed by atoms with Crippen molar-refractivity contribution in [3.8, 4) is 0 Å². The van der Waals surface area contributed by atoms with E-state index >= 15 is 0 Å². The minimum absolute atomic E-state index is 0.0805. The Morgan fingerprint density at radius 1 is 1.27 bits per heavy atom. The number of pyridine rings is 1. The Labute approximate surface area is 160 Å². The van der Waals surface area contributed by atoms with Gasteiger partial charge in [-0.2, -0.15) is 0 Å². The van der Waals surface area contributed by atoms with Gasteiger partial charge in [0.1, 0.15) is 5.65 Å². The van der Waals surface area contributed by atoms with E-state index in [4.69, 9.17) is 11.6 Å². The number of aromatic nitrogens is 2. The first-order chi connectivity index (χ1) is 12.5. The van der Waals surface area contributed by atoms with Gasteiger partial charge in [0.05, 0.1) is 11.4 Å². The highest BCUT2D eigenvalue weighted by molar-refractivity contribution is 7.99. The van der Waals surface area contributed by atoms with E-state index in [0.29, 0.717) is 34.4 Å². The Bertz CT molecular complexity index is 1000. The van der Waals surface area contributed by atoms with Crippen molar-refractivity contribution in [2.75, 3.05) is 5.75 Å². The highest BCUT2D eigenvalue weighted by atomic mass is 35.5. The maximum absolute atomic E-state index is 12.2. The Kier molecular flexibility index (Phi) is 5.96. The number of nitrogens with one attached hydrogen (secondary N) is 1. The number of hydrogen-bond acceptors (Lipinski definition) is 4. The predicted molar refractivity (Wildman–Crippen MR) is 106 cm³/mol. The summed E-state index contributed by atoms with van der Waals surface area (Å²) in [6, 6.07) is 12.7. The number of carbonyl (C=O) groups excluding carboxylic acids is 1. The summed E-state index contributed by atoms with van der Waals surface area (Å²) in [6.45, 7) is 2.32. The summed E-state index contributed by atoms with van der Waals surface area (Å²) in [6.07, 6.45) is 1.77. The van der Waals surface area contributed by atoms with Gasteiger partial charge in [-0.25, -0.2) is 4.98 Å². The molecular weight excluding hydrogens is 370 g/mol. The van der Waals surface area contributed by atoms with E-state index in [9.17, 15) is 9.59 Å². The van der Waals surface area contributed by atoms with Crippen LogP contribution in [0.2, 0.25) is 5.02 Å². The molecule has 0 aliphatic carbocycles. The molecule has 26 heavy (non-hydrogen) atoms. The highest BCUT2D eigenvalue weighted by Gasteiger charge is 2.06. The van der Waals surface area contributed by atoms with Crippen molar-refractivity contribution < 1.29 is 4.79 Å². The molecule has 3 aromatic rings. The van der Waals surface area contributed by atoms with Gasteiger partial charge >= 0.3 is 0 Å². The zero-order chi connectivity index (χ0) is 18.5. The van der Waals surface area contributed by atoms with Crippen LogP contribution >= 0.6 is 23.4 Å². The number of nitrogens with zero attached hydrogens (tertiary/aromatic N) is 2. The van der Waals surface area contributed by atoms with Crippen LogP contribution in [0, 0.1) is 6.92 Å². The molecule has 0 fully saturated rings. The molecule has 0 bridgehead atoms. The molecule has 0 spiro atoms. The molecule has 0 radical (unpaired) electrons. The minimum atomic E-state index is -0.113. The highest BCUT2D eigenvalue weighted by Crippen LogP contribution is 2.15. The monoisotopic (exact) mass is 387 g/mol. The van der Waals surface area contributed by atoms with Gasteiger partial charge in [0.25, 0.3) is 5.56 Å². The molecule has 0 atom stereocenters. The van der Waals surface area contributed by atoms with Gasteiger partial charge in [0.15, 0.2) is 0 Å². The lowest BCUT2D eigenvalue weighted by atomic mass is 10.2. The summed E-state index contributed by atoms with van der Waals surface area (Å²) in [7, 11) is 0. The maximum Gasteiger partial charge on any atom is 0.258 e. The molecule has 1 amide bonds. The number of aryl methyl sites for hydroxylation is 1. The molecule has 1 N–H and O–H groups in total. The second-order valence-corrected chi connectivity index (χ2v) is 7.27. The molecular formula is C19H18ClN3O2S. The fraction of sp³-hybridized carbons (Fsp3) is 0.211. The lowest BCUT2D eigenvalue weighted by Gasteiger charge is -2.07. The van der Waals surface area contributed by atoms with Crippen LogP contribution in [0.4, 0.5) is 0 Å². The third kappa shape index (κ3) is 4.65. The normalized spacial score (nSPS) is 10.8. The molecule has 2 aromatic heterocycles. The van der Waals surface area contributed by atoms with Crippen molar-refractivity contribution in [3.05, 3.63) is 80.9 Å². The first kappa shape index (κ1) is 18.5. The Hall–Kier alpha value is -2.31. The standard InChI is InChI=1S/C19H18ClN3O2S/c1-13-6-7-17-22-15(8-19(25)23(17)10-13)11-26-12-18(24)21-9-14-4-2-3-5-16(14)20/h2-8,10H,9,11-12H2,1H3,(H,21,24). The first-order valence-electron chi connectivity index (χ1n) is 8.10. The smallest absolute Gasteiger partial charge is 0.258 e. The van der Waals surface area contributed by atoms with Crippen LogP contribution in [0.3, 0.4) is 0 Å². The van der Waals surface area contributed by atoms with Crippen LogP contribution in [-0.2, 0) is 17.1 Å². The lowest BCUT2D eigenvalue weighted by molar-refractivity contribution is -0.118. The van der Waals surface area contributed by atoms with Gasteiger partial charge in [-0.15, -0.1) is 11.8 Å². The average Bonchev–Trinajstić information content (AvgIpc) is 2.62. The zero-order valence-corrected chi connectivity index (χ0v) is 15.8. The first-order valence-corrected chi connectivity index (χ1v) is 9.63. The fourth-order valence-corrected chi connectivity index (χ4v) is 3.42. The van der Waals surface area contributed by atoms with Crippen molar-refractivity contribution in [1.29, 1.82) is 0 Å². The molecule has 134 valence electrons. The number of halogens is 1. The predicted octanol–water partition coefficient (Wildman–Crippen LogP) is 3.21. The van der Waals surface area contributed by atoms with E-state index in [2.05, 4.69) is 10.3 Å². The molecule has 0 aliphatic heterocycles. The second-order valence-electron chi connectivity index (χ2n) is 5.88. The summed E-state index contributed by atoms with van der Waals surface area (Å²) < 4.78 is 1.53. The van der Waals surface area contributed by atoms with Crippen LogP contribution in [0.1, 0.15) is 16.8 Å². The van der Waals surface area contributed by atoms with E-state index < -0.39 is 0 Å². The molecule has 0 saturated carbocycles. The number of rotatable bonds is 6. The van der Waals surface area contributed by atoms with Gasteiger partial charge in [-0.3, -0.25) is 14.0 Å². The van der Waals surface area contributed by atoms with Crippen molar-refractivity contribution in [3.63, 3.8) is 0 Å². The third-order valence-corrected chi connectivity index (χ3v) is 5.11. The Morgan fingerprint density at radius 2 is 2.08 bits per heavy atom. The SMILES string of the molecule is Cc1ccc2nc(CSCC(=O)NCc3ccccc3Cl)cc(=O)n2c1. The number of amides is 1. The molecule has 2 heterocycles. The largest absolute Gasteiger partial charge is 0.351 e. The Morgan fingerprint density at radius 3 is 2.88 bits per heavy atom. The molecule has 0 saturated heterocycles. The molecule has 5 nitrogen and oxygen atoms in total. The molecule has 1 aromatic carbocycles. The van der Waals surface area contributed by atoms with Crippen molar-refractivity contribution in [2.45, 2.75) is 19.2 Å². The number of thioether (sulfide) groups is 1. The van der Waals surface area contributed by atoms with Gasteiger partial charge in [-0.05, 0) is 30.2 Å². The van der Waals surface area contributed by atoms with E-state index in [1.165, 1.54) is 22.2 Å². The van der Waals surface area contributed by atoms with Crippen LogP contribution in [0.25, 0.3) is 5.65 Å². The summed E-state index contributed by atoms with van der Waals surface area (Å²) in [5.41, 5.74) is 3.05. The third-order valence-electron chi connectivity index (χ3n) is 3.78. The van der Waals surface area contributed by atoms with Gasteiger partial charge in [0.2, 0.25) is 5.91 Å². The average molecular weight is 388 g/mol. The summed E-state index contributed by atoms with van der Waals surface area (Å²) >= 11 is 7.49. The topological polar surface area (TPSA) is 63.5 Å². The van der Waals surface area contributed by atoms with E-state index in [1.807, 2.05) is 37.3 Å². The van der Waals surface area contributed by atoms with Gasteiger partial charge in [0, 0.05) is 29.6 Å². The minimum Gasteiger partial charge on any atom is -0.351 e. The maximum atomic E-state index is 12.2. The van der Waals surface area contributed by atoms with E-state index in [1.54, 1.807) is 12.3 Å². The summed E-state index contributed by atoms with van der Waals surface area (Å²) in [4.78, 5) is 28.6. The number of carbonyl (C=O) groups is 1. The number of hydrogen-bond donors (Lipinski definition) is 1. The fourth-order valence-electron chi connectivity index (χ4n) is 2.47. The molecule has 7 heteroatoms. The van der Waals surface area contributed by atoms with Gasteiger partial charge < -0.3 is 5.32 Å². The van der Waals surface area contributed by atoms with Gasteiger partial charge in [-0.1, -0.05) is 35.9 Å². The lowest BCUT2D eigenvalue weighted by Crippen LogP contribution is -2.24. The van der Waals surface area contributed by atoms with E-state index in [-0.39, 0.29) is 11.5 Å². The summed E-state index contributed by atoms with van der Waals surface area (Å²) in [5, 5.41) is 3.48. The molecule has 0 unspecified atom stereocenters. The van der Waals surface area contributed by atoms with Crippen molar-refractivity contribution in [1.82, 2.24) is 14.7 Å². The van der Waals surface area contributed by atoms with Crippen LogP contribution in [0.15, 0.2) is 53.5 Å². The van der Waals surface area contributed by atoms with E-state index in [0.717, 1.165) is 11.1 Å². The number of benzene rings is 1.